The molecule has 0 radical (unpaired) electrons. The van der Waals surface area contributed by atoms with E-state index in [1.807, 2.05) is 48.5 Å². The van der Waals surface area contributed by atoms with E-state index in [1.165, 1.54) is 23.5 Å². The maximum Gasteiger partial charge on any atom is 0.288 e. The van der Waals surface area contributed by atoms with Crippen molar-refractivity contribution < 1.29 is 42.0 Å². The zero-order chi connectivity index (χ0) is 34.4. The van der Waals surface area contributed by atoms with Crippen molar-refractivity contribution in [3.8, 4) is 17.2 Å². The lowest BCUT2D eigenvalue weighted by Gasteiger charge is -2.37. The normalized spacial score (nSPS) is 19.4. The van der Waals surface area contributed by atoms with E-state index in [1.54, 1.807) is 17.0 Å². The van der Waals surface area contributed by atoms with Gasteiger partial charge >= 0.3 is 0 Å². The third kappa shape index (κ3) is 8.56. The minimum Gasteiger partial charge on any atom is -0.497 e. The highest BCUT2D eigenvalue weighted by atomic mass is 79.9. The number of halogens is 1. The van der Waals surface area contributed by atoms with Crippen LogP contribution < -0.4 is 14.2 Å². The standard InChI is InChI=1S/C35H40BrN3O9S/c1-44-29-7-9-30(10-8-29)49(42,43)39(16-18-40)17-19-45-34-22-27(26-3-5-28(36)6-4-26)21-33(48-34)35(41)38-14-12-37(13-15-38)23-25-2-11-31-32(20-25)47-24-46-31/h2-11,20-21,27,34,40H,12-19,22-24H2,1H3/t27-,34+/m1/s1. The van der Waals surface area contributed by atoms with Gasteiger partial charge in [-0.05, 0) is 65.7 Å². The Balaban J connectivity index is 1.09. The lowest BCUT2D eigenvalue weighted by atomic mass is 9.93. The fourth-order valence-corrected chi connectivity index (χ4v) is 7.74. The zero-order valence-electron chi connectivity index (χ0n) is 27.2. The number of amides is 1. The number of aliphatic hydroxyl groups is 1. The van der Waals surface area contributed by atoms with Crippen LogP contribution in [-0.2, 0) is 30.8 Å². The number of aliphatic hydroxyl groups excluding tert-OH is 1. The van der Waals surface area contributed by atoms with E-state index in [0.717, 1.165) is 33.6 Å². The number of benzene rings is 3. The first-order valence-electron chi connectivity index (χ1n) is 16.1. The van der Waals surface area contributed by atoms with Crippen LogP contribution in [0.3, 0.4) is 0 Å². The van der Waals surface area contributed by atoms with E-state index in [-0.39, 0.29) is 55.6 Å². The largest absolute Gasteiger partial charge is 0.497 e. The van der Waals surface area contributed by atoms with Gasteiger partial charge in [-0.15, -0.1) is 0 Å². The number of piperazine rings is 1. The van der Waals surface area contributed by atoms with Gasteiger partial charge in [-0.3, -0.25) is 9.69 Å². The van der Waals surface area contributed by atoms with E-state index in [2.05, 4.69) is 20.8 Å². The van der Waals surface area contributed by atoms with Crippen LogP contribution in [0.2, 0.25) is 0 Å². The molecule has 0 spiro atoms. The topological polar surface area (TPSA) is 127 Å². The number of methoxy groups -OCH3 is 1. The van der Waals surface area contributed by atoms with Gasteiger partial charge in [-0.2, -0.15) is 4.31 Å². The molecule has 1 N–H and O–H groups in total. The quantitative estimate of drug-likeness (QED) is 0.274. The van der Waals surface area contributed by atoms with Crippen LogP contribution in [0.1, 0.15) is 23.5 Å². The van der Waals surface area contributed by atoms with Gasteiger partial charge in [0.1, 0.15) is 5.75 Å². The molecule has 3 aliphatic heterocycles. The van der Waals surface area contributed by atoms with Gasteiger partial charge in [-0.1, -0.05) is 34.1 Å². The molecule has 14 heteroatoms. The van der Waals surface area contributed by atoms with Crippen LogP contribution in [0.25, 0.3) is 0 Å². The number of hydrogen-bond donors (Lipinski definition) is 1. The van der Waals surface area contributed by atoms with Crippen molar-refractivity contribution in [2.45, 2.75) is 30.1 Å². The Morgan fingerprint density at radius 3 is 2.43 bits per heavy atom. The van der Waals surface area contributed by atoms with E-state index in [9.17, 15) is 18.3 Å². The minimum absolute atomic E-state index is 0.00683. The number of allylic oxidation sites excluding steroid dienone is 1. The number of carbonyl (C=O) groups is 1. The Labute approximate surface area is 294 Å². The molecular formula is C35H40BrN3O9S. The Morgan fingerprint density at radius 1 is 0.980 bits per heavy atom. The van der Waals surface area contributed by atoms with E-state index < -0.39 is 16.3 Å². The first-order valence-corrected chi connectivity index (χ1v) is 18.4. The molecule has 3 aromatic rings. The number of carbonyl (C=O) groups excluding carboxylic acids is 1. The average molecular weight is 759 g/mol. The molecule has 6 rings (SSSR count). The average Bonchev–Trinajstić information content (AvgIpc) is 3.59. The van der Waals surface area contributed by atoms with Gasteiger partial charge in [0.15, 0.2) is 17.3 Å². The second kappa shape index (κ2) is 15.9. The summed E-state index contributed by atoms with van der Waals surface area (Å²) in [5, 5.41) is 9.64. The van der Waals surface area contributed by atoms with Crippen molar-refractivity contribution in [2.24, 2.45) is 0 Å². The predicted molar refractivity (Wildman–Crippen MR) is 184 cm³/mol. The van der Waals surface area contributed by atoms with Gasteiger partial charge in [0.2, 0.25) is 23.1 Å². The van der Waals surface area contributed by atoms with Crippen molar-refractivity contribution in [3.05, 3.63) is 94.2 Å². The molecule has 0 saturated carbocycles. The van der Waals surface area contributed by atoms with Crippen molar-refractivity contribution in [3.63, 3.8) is 0 Å². The highest BCUT2D eigenvalue weighted by molar-refractivity contribution is 9.10. The van der Waals surface area contributed by atoms with Crippen LogP contribution in [0.5, 0.6) is 17.2 Å². The molecule has 0 aliphatic carbocycles. The van der Waals surface area contributed by atoms with Crippen LogP contribution in [0, 0.1) is 0 Å². The Kier molecular flexibility index (Phi) is 11.4. The lowest BCUT2D eigenvalue weighted by Crippen LogP contribution is -2.49. The maximum absolute atomic E-state index is 13.8. The molecule has 3 aliphatic rings. The molecule has 49 heavy (non-hydrogen) atoms. The summed E-state index contributed by atoms with van der Waals surface area (Å²) in [7, 11) is -2.40. The number of ether oxygens (including phenoxy) is 5. The molecule has 0 unspecified atom stereocenters. The Morgan fingerprint density at radius 2 is 1.71 bits per heavy atom. The van der Waals surface area contributed by atoms with Crippen molar-refractivity contribution in [1.29, 1.82) is 0 Å². The summed E-state index contributed by atoms with van der Waals surface area (Å²) >= 11 is 3.49. The summed E-state index contributed by atoms with van der Waals surface area (Å²) in [4.78, 5) is 18.0. The predicted octanol–water partition coefficient (Wildman–Crippen LogP) is 3.94. The van der Waals surface area contributed by atoms with Gasteiger partial charge in [0.05, 0.1) is 25.2 Å². The Bertz CT molecular complexity index is 1730. The minimum atomic E-state index is -3.91. The SMILES string of the molecule is COc1ccc(S(=O)(=O)N(CCO)CCO[C@@H]2C[C@H](c3ccc(Br)cc3)C=C(C(=O)N3CCN(Cc4ccc5c(c4)OCO5)CC3)O2)cc1. The molecule has 0 aromatic heterocycles. The maximum atomic E-state index is 13.8. The highest BCUT2D eigenvalue weighted by Gasteiger charge is 2.33. The number of hydrogen-bond acceptors (Lipinski definition) is 10. The van der Waals surface area contributed by atoms with Crippen LogP contribution in [0.15, 0.2) is 87.9 Å². The summed E-state index contributed by atoms with van der Waals surface area (Å²) in [5.74, 6) is 1.89. The summed E-state index contributed by atoms with van der Waals surface area (Å²) in [6.07, 6.45) is 1.51. The fourth-order valence-electron chi connectivity index (χ4n) is 6.06. The van der Waals surface area contributed by atoms with Gasteiger partial charge in [0, 0.05) is 62.6 Å². The highest BCUT2D eigenvalue weighted by Crippen LogP contribution is 2.34. The summed E-state index contributed by atoms with van der Waals surface area (Å²) in [6.45, 7) is 2.97. The lowest BCUT2D eigenvalue weighted by molar-refractivity contribution is -0.154. The fraction of sp³-hybridized carbons (Fsp3) is 0.400. The number of nitrogens with zero attached hydrogens (tertiary/aromatic N) is 3. The molecule has 262 valence electrons. The summed E-state index contributed by atoms with van der Waals surface area (Å²) in [5.41, 5.74) is 2.12. The number of sulfonamides is 1. The molecule has 2 atom stereocenters. The molecule has 0 bridgehead atoms. The van der Waals surface area contributed by atoms with Crippen molar-refractivity contribution >= 4 is 31.9 Å². The van der Waals surface area contributed by atoms with E-state index in [4.69, 9.17) is 23.7 Å². The number of rotatable bonds is 13. The first-order chi connectivity index (χ1) is 23.7. The molecule has 3 heterocycles. The zero-order valence-corrected chi connectivity index (χ0v) is 29.6. The first kappa shape index (κ1) is 35.2. The van der Waals surface area contributed by atoms with E-state index >= 15 is 0 Å². The number of fused-ring (bicyclic) bond motifs is 1. The van der Waals surface area contributed by atoms with E-state index in [0.29, 0.717) is 38.3 Å². The Hall–Kier alpha value is -3.66. The summed E-state index contributed by atoms with van der Waals surface area (Å²) in [6, 6.07) is 19.9. The van der Waals surface area contributed by atoms with Crippen LogP contribution >= 0.6 is 15.9 Å². The smallest absolute Gasteiger partial charge is 0.288 e. The van der Waals surface area contributed by atoms with Crippen LogP contribution in [0.4, 0.5) is 0 Å². The third-order valence-electron chi connectivity index (χ3n) is 8.76. The molecule has 3 aromatic carbocycles. The van der Waals surface area contributed by atoms with Gasteiger partial charge in [-0.25, -0.2) is 8.42 Å². The van der Waals surface area contributed by atoms with Crippen molar-refractivity contribution in [1.82, 2.24) is 14.1 Å². The monoisotopic (exact) mass is 757 g/mol. The van der Waals surface area contributed by atoms with Crippen molar-refractivity contribution in [2.75, 3.05) is 66.4 Å². The molecule has 12 nitrogen and oxygen atoms in total. The molecule has 1 saturated heterocycles. The molecule has 1 fully saturated rings. The second-order valence-electron chi connectivity index (χ2n) is 11.9. The van der Waals surface area contributed by atoms with Gasteiger partial charge in [0.25, 0.3) is 5.91 Å². The second-order valence-corrected chi connectivity index (χ2v) is 14.8. The molecular weight excluding hydrogens is 718 g/mol. The summed E-state index contributed by atoms with van der Waals surface area (Å²) < 4.78 is 57.2. The van der Waals surface area contributed by atoms with Gasteiger partial charge < -0.3 is 33.7 Å². The third-order valence-corrected chi connectivity index (χ3v) is 11.2. The molecule has 1 amide bonds. The van der Waals surface area contributed by atoms with Crippen LogP contribution in [-0.4, -0.2) is 106 Å².